The summed E-state index contributed by atoms with van der Waals surface area (Å²) in [6.07, 6.45) is 0. The molecule has 0 unspecified atom stereocenters. The van der Waals surface area contributed by atoms with Gasteiger partial charge in [0.2, 0.25) is 11.1 Å². The lowest BCUT2D eigenvalue weighted by atomic mass is 10.2. The number of rotatable bonds is 6. The van der Waals surface area contributed by atoms with Crippen molar-refractivity contribution in [2.45, 2.75) is 11.7 Å². The number of nitrogens with zero attached hydrogens (tertiary/aromatic N) is 2. The predicted molar refractivity (Wildman–Crippen MR) is 93.7 cm³/mol. The molecule has 8 heteroatoms. The monoisotopic (exact) mass is 364 g/mol. The zero-order valence-electron chi connectivity index (χ0n) is 12.0. The second-order valence-electron chi connectivity index (χ2n) is 4.60. The van der Waals surface area contributed by atoms with Crippen LogP contribution in [-0.4, -0.2) is 26.8 Å². The molecule has 23 heavy (non-hydrogen) atoms. The van der Waals surface area contributed by atoms with E-state index in [1.165, 1.54) is 11.8 Å². The van der Waals surface area contributed by atoms with Gasteiger partial charge in [0.05, 0.1) is 10.6 Å². The number of carbonyl (C=O) groups is 1. The Kier molecular flexibility index (Phi) is 5.32. The van der Waals surface area contributed by atoms with Crippen molar-refractivity contribution in [2.24, 2.45) is 0 Å². The maximum atomic E-state index is 11.9. The first-order valence-corrected chi connectivity index (χ1v) is 9.06. The molecule has 0 aliphatic heterocycles. The molecule has 0 fully saturated rings. The Morgan fingerprint density at radius 1 is 1.30 bits per heavy atom. The van der Waals surface area contributed by atoms with Gasteiger partial charge in [0.15, 0.2) is 5.82 Å². The highest BCUT2D eigenvalue weighted by Crippen LogP contribution is 2.23. The van der Waals surface area contributed by atoms with Crippen molar-refractivity contribution in [1.82, 2.24) is 20.5 Å². The number of hydrogen-bond donors (Lipinski definition) is 2. The molecule has 3 rings (SSSR count). The largest absolute Gasteiger partial charge is 0.351 e. The van der Waals surface area contributed by atoms with Crippen LogP contribution in [-0.2, 0) is 11.3 Å². The lowest BCUT2D eigenvalue weighted by Crippen LogP contribution is -2.24. The molecule has 0 spiro atoms. The van der Waals surface area contributed by atoms with Crippen molar-refractivity contribution in [3.63, 3.8) is 0 Å². The van der Waals surface area contributed by atoms with Crippen molar-refractivity contribution in [3.05, 3.63) is 52.4 Å². The first-order chi connectivity index (χ1) is 11.2. The minimum Gasteiger partial charge on any atom is -0.351 e. The zero-order chi connectivity index (χ0) is 16.1. The third-order valence-corrected chi connectivity index (χ3v) is 5.08. The van der Waals surface area contributed by atoms with Crippen LogP contribution in [0.4, 0.5) is 0 Å². The molecular formula is C15H13ClN4OS2. The van der Waals surface area contributed by atoms with Crippen LogP contribution in [0.25, 0.3) is 10.7 Å². The van der Waals surface area contributed by atoms with Crippen LogP contribution in [0.2, 0.25) is 5.02 Å². The smallest absolute Gasteiger partial charge is 0.230 e. The molecule has 1 aromatic carbocycles. The van der Waals surface area contributed by atoms with E-state index >= 15 is 0 Å². The van der Waals surface area contributed by atoms with Gasteiger partial charge in [-0.3, -0.25) is 9.89 Å². The molecule has 2 heterocycles. The highest BCUT2D eigenvalue weighted by molar-refractivity contribution is 7.99. The Labute approximate surface area is 146 Å². The Bertz CT molecular complexity index is 788. The van der Waals surface area contributed by atoms with Crippen molar-refractivity contribution in [3.8, 4) is 10.7 Å². The molecule has 0 aliphatic carbocycles. The summed E-state index contributed by atoms with van der Waals surface area (Å²) in [6, 6.07) is 11.4. The molecule has 0 atom stereocenters. The van der Waals surface area contributed by atoms with E-state index in [4.69, 9.17) is 11.6 Å². The maximum absolute atomic E-state index is 11.9. The van der Waals surface area contributed by atoms with Crippen molar-refractivity contribution < 1.29 is 4.79 Å². The van der Waals surface area contributed by atoms with Crippen LogP contribution in [0.5, 0.6) is 0 Å². The molecule has 0 bridgehead atoms. The summed E-state index contributed by atoms with van der Waals surface area (Å²) in [5, 5.41) is 13.0. The van der Waals surface area contributed by atoms with Crippen LogP contribution >= 0.6 is 34.7 Å². The summed E-state index contributed by atoms with van der Waals surface area (Å²) >= 11 is 8.93. The Hall–Kier alpha value is -1.83. The van der Waals surface area contributed by atoms with E-state index in [-0.39, 0.29) is 11.7 Å². The third-order valence-electron chi connectivity index (χ3n) is 2.99. The average molecular weight is 365 g/mol. The number of aromatic amines is 1. The standard InChI is InChI=1S/C15H13ClN4OS2/c16-11-5-2-1-4-10(11)8-17-13(21)9-23-15-18-14(19-20-15)12-6-3-7-22-12/h1-7H,8-9H2,(H,17,21)(H,18,19,20). The summed E-state index contributed by atoms with van der Waals surface area (Å²) in [5.41, 5.74) is 0.894. The third kappa shape index (κ3) is 4.34. The predicted octanol–water partition coefficient (Wildman–Crippen LogP) is 3.60. The van der Waals surface area contributed by atoms with Crippen LogP contribution in [0, 0.1) is 0 Å². The normalized spacial score (nSPS) is 10.7. The van der Waals surface area contributed by atoms with E-state index in [2.05, 4.69) is 20.5 Å². The molecule has 5 nitrogen and oxygen atoms in total. The van der Waals surface area contributed by atoms with E-state index in [0.717, 1.165) is 16.3 Å². The van der Waals surface area contributed by atoms with Crippen LogP contribution in [0.3, 0.4) is 0 Å². The maximum Gasteiger partial charge on any atom is 0.230 e. The quantitative estimate of drug-likeness (QED) is 0.656. The van der Waals surface area contributed by atoms with Crippen LogP contribution in [0.1, 0.15) is 5.56 Å². The fourth-order valence-electron chi connectivity index (χ4n) is 1.85. The van der Waals surface area contributed by atoms with Gasteiger partial charge in [-0.2, -0.15) is 0 Å². The Morgan fingerprint density at radius 2 is 2.17 bits per heavy atom. The van der Waals surface area contributed by atoms with Gasteiger partial charge in [0.1, 0.15) is 0 Å². The highest BCUT2D eigenvalue weighted by atomic mass is 35.5. The van der Waals surface area contributed by atoms with Gasteiger partial charge in [-0.05, 0) is 23.1 Å². The first kappa shape index (κ1) is 16.0. The zero-order valence-corrected chi connectivity index (χ0v) is 14.3. The molecule has 118 valence electrons. The van der Waals surface area contributed by atoms with Gasteiger partial charge in [-0.15, -0.1) is 16.4 Å². The van der Waals surface area contributed by atoms with E-state index in [1.54, 1.807) is 17.4 Å². The molecule has 0 aliphatic rings. The highest BCUT2D eigenvalue weighted by Gasteiger charge is 2.09. The van der Waals surface area contributed by atoms with Gasteiger partial charge in [-0.1, -0.05) is 47.6 Å². The molecule has 0 radical (unpaired) electrons. The van der Waals surface area contributed by atoms with Crippen LogP contribution < -0.4 is 5.32 Å². The number of thioether (sulfide) groups is 1. The fraction of sp³-hybridized carbons (Fsp3) is 0.133. The van der Waals surface area contributed by atoms with Crippen molar-refractivity contribution in [2.75, 3.05) is 5.75 Å². The van der Waals surface area contributed by atoms with Gasteiger partial charge in [0, 0.05) is 11.6 Å². The number of thiophene rings is 1. The van der Waals surface area contributed by atoms with Gasteiger partial charge in [-0.25, -0.2) is 4.98 Å². The summed E-state index contributed by atoms with van der Waals surface area (Å²) in [5.74, 6) is 0.892. The summed E-state index contributed by atoms with van der Waals surface area (Å²) in [4.78, 5) is 17.3. The fourth-order valence-corrected chi connectivity index (χ4v) is 3.35. The van der Waals surface area contributed by atoms with E-state index in [1.807, 2.05) is 35.7 Å². The lowest BCUT2D eigenvalue weighted by molar-refractivity contribution is -0.118. The summed E-state index contributed by atoms with van der Waals surface area (Å²) < 4.78 is 0. The van der Waals surface area contributed by atoms with Crippen molar-refractivity contribution in [1.29, 1.82) is 0 Å². The molecule has 1 amide bonds. The number of aromatic nitrogens is 3. The second kappa shape index (κ2) is 7.63. The number of halogens is 1. The Balaban J connectivity index is 1.49. The summed E-state index contributed by atoms with van der Waals surface area (Å²) in [7, 11) is 0. The van der Waals surface area contributed by atoms with E-state index in [0.29, 0.717) is 16.7 Å². The molecule has 2 N–H and O–H groups in total. The number of nitrogens with one attached hydrogen (secondary N) is 2. The second-order valence-corrected chi connectivity index (χ2v) is 6.90. The molecule has 0 saturated heterocycles. The first-order valence-electron chi connectivity index (χ1n) is 6.81. The topological polar surface area (TPSA) is 70.7 Å². The number of carbonyl (C=O) groups excluding carboxylic acids is 1. The molecular weight excluding hydrogens is 352 g/mol. The SMILES string of the molecule is O=C(CSc1n[nH]c(-c2cccs2)n1)NCc1ccccc1Cl. The van der Waals surface area contributed by atoms with E-state index in [9.17, 15) is 4.79 Å². The van der Waals surface area contributed by atoms with Crippen LogP contribution in [0.15, 0.2) is 46.9 Å². The number of benzene rings is 1. The Morgan fingerprint density at radius 3 is 2.96 bits per heavy atom. The summed E-state index contributed by atoms with van der Waals surface area (Å²) in [6.45, 7) is 0.410. The number of hydrogen-bond acceptors (Lipinski definition) is 5. The van der Waals surface area contributed by atoms with Gasteiger partial charge < -0.3 is 5.32 Å². The minimum absolute atomic E-state index is 0.0857. The van der Waals surface area contributed by atoms with E-state index < -0.39 is 0 Å². The number of H-pyrrole nitrogens is 1. The lowest BCUT2D eigenvalue weighted by Gasteiger charge is -2.05. The number of amides is 1. The minimum atomic E-state index is -0.0857. The van der Waals surface area contributed by atoms with Gasteiger partial charge >= 0.3 is 0 Å². The van der Waals surface area contributed by atoms with Gasteiger partial charge in [0.25, 0.3) is 0 Å². The van der Waals surface area contributed by atoms with Crippen molar-refractivity contribution >= 4 is 40.6 Å². The molecule has 2 aromatic heterocycles. The molecule has 3 aromatic rings. The average Bonchev–Trinajstić information content (AvgIpc) is 3.23. The molecule has 0 saturated carbocycles.